The Labute approximate surface area is 119 Å². The summed E-state index contributed by atoms with van der Waals surface area (Å²) in [5.74, 6) is -0.909. The first kappa shape index (κ1) is 15.9. The number of carbonyl (C=O) groups is 1. The zero-order valence-electron chi connectivity index (χ0n) is 11.8. The van der Waals surface area contributed by atoms with Gasteiger partial charge in [-0.25, -0.2) is 4.79 Å². The van der Waals surface area contributed by atoms with E-state index in [0.717, 1.165) is 31.6 Å². The molecule has 0 aliphatic rings. The first-order valence-corrected chi connectivity index (χ1v) is 7.17. The second-order valence-electron chi connectivity index (χ2n) is 4.91. The fourth-order valence-corrected chi connectivity index (χ4v) is 2.67. The van der Waals surface area contributed by atoms with Gasteiger partial charge in [-0.15, -0.1) is 11.3 Å². The van der Waals surface area contributed by atoms with Gasteiger partial charge >= 0.3 is 5.97 Å². The average Bonchev–Trinajstić information content (AvgIpc) is 2.73. The van der Waals surface area contributed by atoms with Crippen molar-refractivity contribution in [2.45, 2.75) is 13.0 Å². The lowest BCUT2D eigenvalue weighted by Crippen LogP contribution is -2.23. The molecule has 0 aliphatic heterocycles. The summed E-state index contributed by atoms with van der Waals surface area (Å²) in [5.41, 5.74) is 0.962. The van der Waals surface area contributed by atoms with Gasteiger partial charge in [0.1, 0.15) is 0 Å². The van der Waals surface area contributed by atoms with Crippen molar-refractivity contribution in [3.8, 4) is 0 Å². The van der Waals surface area contributed by atoms with Gasteiger partial charge in [0.15, 0.2) is 0 Å². The highest BCUT2D eigenvalue weighted by Crippen LogP contribution is 2.17. The maximum absolute atomic E-state index is 10.4. The van der Waals surface area contributed by atoms with Crippen LogP contribution >= 0.6 is 11.3 Å². The van der Waals surface area contributed by atoms with E-state index >= 15 is 0 Å². The van der Waals surface area contributed by atoms with Crippen molar-refractivity contribution in [3.05, 3.63) is 28.0 Å². The molecule has 0 aromatic carbocycles. The third kappa shape index (κ3) is 7.10. The Morgan fingerprint density at radius 3 is 2.74 bits per heavy atom. The Morgan fingerprint density at radius 2 is 2.11 bits per heavy atom. The van der Waals surface area contributed by atoms with Crippen LogP contribution in [0.5, 0.6) is 0 Å². The molecule has 0 radical (unpaired) electrons. The molecule has 1 heterocycles. The molecule has 1 aromatic rings. The van der Waals surface area contributed by atoms with Gasteiger partial charge in [-0.2, -0.15) is 0 Å². The molecule has 0 saturated carbocycles. The molecule has 19 heavy (non-hydrogen) atoms. The zero-order valence-corrected chi connectivity index (χ0v) is 12.6. The normalized spacial score (nSPS) is 11.8. The van der Waals surface area contributed by atoms with Crippen LogP contribution in [0.4, 0.5) is 0 Å². The number of thiophene rings is 1. The highest BCUT2D eigenvalue weighted by molar-refractivity contribution is 7.10. The smallest absolute Gasteiger partial charge is 0.328 e. The van der Waals surface area contributed by atoms with Gasteiger partial charge in [-0.1, -0.05) is 0 Å². The molecule has 5 heteroatoms. The van der Waals surface area contributed by atoms with E-state index in [-0.39, 0.29) is 0 Å². The first-order chi connectivity index (χ1) is 8.97. The quantitative estimate of drug-likeness (QED) is 0.743. The number of hydrogen-bond donors (Lipinski definition) is 1. The van der Waals surface area contributed by atoms with Gasteiger partial charge in [0.2, 0.25) is 0 Å². The van der Waals surface area contributed by atoms with Gasteiger partial charge in [0, 0.05) is 17.5 Å². The third-order valence-electron chi connectivity index (χ3n) is 2.66. The SMILES string of the molecule is CN(C)CCCN(C)Cc1cc(C=CC(=O)O)cs1. The Bertz CT molecular complexity index is 427. The number of nitrogens with zero attached hydrogens (tertiary/aromatic N) is 2. The van der Waals surface area contributed by atoms with Crippen molar-refractivity contribution >= 4 is 23.4 Å². The molecule has 4 nitrogen and oxygen atoms in total. The lowest BCUT2D eigenvalue weighted by molar-refractivity contribution is -0.131. The van der Waals surface area contributed by atoms with Crippen LogP contribution in [-0.2, 0) is 11.3 Å². The molecular formula is C14H22N2O2S. The molecule has 0 fully saturated rings. The lowest BCUT2D eigenvalue weighted by atomic mass is 10.2. The summed E-state index contributed by atoms with van der Waals surface area (Å²) in [4.78, 5) is 16.2. The molecule has 1 aromatic heterocycles. The Balaban J connectivity index is 2.38. The van der Waals surface area contributed by atoms with E-state index in [2.05, 4.69) is 30.9 Å². The molecule has 0 amide bonds. The second-order valence-corrected chi connectivity index (χ2v) is 5.91. The average molecular weight is 282 g/mol. The molecule has 0 spiro atoms. The summed E-state index contributed by atoms with van der Waals surface area (Å²) in [6.45, 7) is 3.08. The topological polar surface area (TPSA) is 43.8 Å². The molecule has 0 aliphatic carbocycles. The van der Waals surface area contributed by atoms with Crippen molar-refractivity contribution < 1.29 is 9.90 Å². The minimum atomic E-state index is -0.909. The number of aliphatic carboxylic acids is 1. The van der Waals surface area contributed by atoms with Crippen molar-refractivity contribution in [2.75, 3.05) is 34.2 Å². The van der Waals surface area contributed by atoms with Crippen molar-refractivity contribution in [1.29, 1.82) is 0 Å². The van der Waals surface area contributed by atoms with Crippen molar-refractivity contribution in [1.82, 2.24) is 9.80 Å². The molecule has 1 rings (SSSR count). The fraction of sp³-hybridized carbons (Fsp3) is 0.500. The standard InChI is InChI=1S/C14H22N2O2S/c1-15(2)7-4-8-16(3)10-13-9-12(11-19-13)5-6-14(17)18/h5-6,9,11H,4,7-8,10H2,1-3H3,(H,17,18). The van der Waals surface area contributed by atoms with Crippen LogP contribution in [0.15, 0.2) is 17.5 Å². The maximum Gasteiger partial charge on any atom is 0.328 e. The van der Waals surface area contributed by atoms with Crippen LogP contribution in [0.25, 0.3) is 6.08 Å². The summed E-state index contributed by atoms with van der Waals surface area (Å²) >= 11 is 1.67. The highest BCUT2D eigenvalue weighted by atomic mass is 32.1. The van der Waals surface area contributed by atoms with Gasteiger partial charge < -0.3 is 14.9 Å². The lowest BCUT2D eigenvalue weighted by Gasteiger charge is -2.17. The van der Waals surface area contributed by atoms with Gasteiger partial charge in [0.05, 0.1) is 0 Å². The summed E-state index contributed by atoms with van der Waals surface area (Å²) in [7, 11) is 6.28. The van der Waals surface area contributed by atoms with E-state index in [1.807, 2.05) is 11.4 Å². The van der Waals surface area contributed by atoms with E-state index in [1.165, 1.54) is 11.0 Å². The molecule has 0 atom stereocenters. The van der Waals surface area contributed by atoms with Crippen LogP contribution in [-0.4, -0.2) is 55.1 Å². The monoisotopic (exact) mass is 282 g/mol. The van der Waals surface area contributed by atoms with Crippen molar-refractivity contribution in [3.63, 3.8) is 0 Å². The van der Waals surface area contributed by atoms with Crippen LogP contribution in [0.2, 0.25) is 0 Å². The predicted molar refractivity (Wildman–Crippen MR) is 80.5 cm³/mol. The van der Waals surface area contributed by atoms with Crippen LogP contribution in [0.1, 0.15) is 16.9 Å². The summed E-state index contributed by atoms with van der Waals surface area (Å²) in [6.07, 6.45) is 3.96. The molecule has 0 unspecified atom stereocenters. The third-order valence-corrected chi connectivity index (χ3v) is 3.60. The predicted octanol–water partition coefficient (Wildman–Crippen LogP) is 2.23. The summed E-state index contributed by atoms with van der Waals surface area (Å²) < 4.78 is 0. The van der Waals surface area contributed by atoms with E-state index in [4.69, 9.17) is 5.11 Å². The molecule has 106 valence electrons. The minimum Gasteiger partial charge on any atom is -0.478 e. The van der Waals surface area contributed by atoms with Gasteiger partial charge in [-0.3, -0.25) is 0 Å². The Hall–Kier alpha value is -1.17. The second kappa shape index (κ2) is 8.09. The maximum atomic E-state index is 10.4. The van der Waals surface area contributed by atoms with Crippen LogP contribution < -0.4 is 0 Å². The molecule has 0 saturated heterocycles. The van der Waals surface area contributed by atoms with E-state index in [9.17, 15) is 4.79 Å². The molecule has 1 N–H and O–H groups in total. The number of rotatable bonds is 8. The van der Waals surface area contributed by atoms with Crippen LogP contribution in [0.3, 0.4) is 0 Å². The van der Waals surface area contributed by atoms with Crippen molar-refractivity contribution in [2.24, 2.45) is 0 Å². The number of hydrogen-bond acceptors (Lipinski definition) is 4. The summed E-state index contributed by atoms with van der Waals surface area (Å²) in [6, 6.07) is 2.05. The first-order valence-electron chi connectivity index (χ1n) is 6.29. The Kier molecular flexibility index (Phi) is 6.77. The Morgan fingerprint density at radius 1 is 1.37 bits per heavy atom. The number of carboxylic acid groups (broad SMARTS) is 1. The van der Waals surface area contributed by atoms with Crippen LogP contribution in [0, 0.1) is 0 Å². The largest absolute Gasteiger partial charge is 0.478 e. The zero-order chi connectivity index (χ0) is 14.3. The van der Waals surface area contributed by atoms with E-state index in [1.54, 1.807) is 17.4 Å². The number of carboxylic acids is 1. The highest BCUT2D eigenvalue weighted by Gasteiger charge is 2.03. The van der Waals surface area contributed by atoms with Gasteiger partial charge in [-0.05, 0) is 63.7 Å². The van der Waals surface area contributed by atoms with E-state index in [0.29, 0.717) is 0 Å². The molecule has 0 bridgehead atoms. The van der Waals surface area contributed by atoms with E-state index < -0.39 is 5.97 Å². The molecular weight excluding hydrogens is 260 g/mol. The summed E-state index contributed by atoms with van der Waals surface area (Å²) in [5, 5.41) is 10.6. The minimum absolute atomic E-state index is 0.909. The van der Waals surface area contributed by atoms with Gasteiger partial charge in [0.25, 0.3) is 0 Å². The fourth-order valence-electron chi connectivity index (χ4n) is 1.74.